The molecule has 0 spiro atoms. The number of pyridine rings is 1. The molecule has 78 valence electrons. The lowest BCUT2D eigenvalue weighted by atomic mass is 10.3. The number of rotatable bonds is 2. The molecule has 6 nitrogen and oxygen atoms in total. The molecule has 0 saturated heterocycles. The van der Waals surface area contributed by atoms with Crippen molar-refractivity contribution in [2.75, 3.05) is 0 Å². The summed E-state index contributed by atoms with van der Waals surface area (Å²) in [6, 6.07) is 2.60. The summed E-state index contributed by atoms with van der Waals surface area (Å²) in [5.41, 5.74) is 0.425. The first-order valence-electron chi connectivity index (χ1n) is 3.88. The van der Waals surface area contributed by atoms with Crippen LogP contribution in [0.2, 0.25) is 0 Å². The minimum Gasteiger partial charge on any atom is -0.443 e. The Hall–Kier alpha value is -1.73. The average molecular weight is 226 g/mol. The Morgan fingerprint density at radius 3 is 2.73 bits per heavy atom. The highest BCUT2D eigenvalue weighted by Gasteiger charge is 2.14. The summed E-state index contributed by atoms with van der Waals surface area (Å²) in [7, 11) is -3.87. The molecule has 2 N–H and O–H groups in total. The fraction of sp³-hybridized carbons (Fsp3) is 0. The van der Waals surface area contributed by atoms with Gasteiger partial charge in [-0.05, 0) is 0 Å². The Labute approximate surface area is 84.8 Å². The molecule has 0 fully saturated rings. The first-order chi connectivity index (χ1) is 7.00. The fourth-order valence-corrected chi connectivity index (χ4v) is 1.63. The zero-order chi connectivity index (χ0) is 11.1. The van der Waals surface area contributed by atoms with E-state index < -0.39 is 10.0 Å². The number of primary sulfonamides is 1. The number of aromatic nitrogens is 1. The molecule has 0 atom stereocenters. The summed E-state index contributed by atoms with van der Waals surface area (Å²) in [5, 5.41) is 5.01. The van der Waals surface area contributed by atoms with Gasteiger partial charge in [0.25, 0.3) is 10.0 Å². The smallest absolute Gasteiger partial charge is 0.271 e. The number of carbonyl (C=O) groups excluding carboxylic acids is 1. The highest BCUT2D eigenvalue weighted by atomic mass is 32.2. The van der Waals surface area contributed by atoms with Crippen molar-refractivity contribution in [2.45, 2.75) is 5.09 Å². The van der Waals surface area contributed by atoms with Crippen molar-refractivity contribution in [3.05, 3.63) is 24.0 Å². The lowest BCUT2D eigenvalue weighted by Gasteiger charge is -1.89. The summed E-state index contributed by atoms with van der Waals surface area (Å²) in [6.07, 6.45) is 1.88. The van der Waals surface area contributed by atoms with E-state index in [0.29, 0.717) is 11.7 Å². The molecule has 2 rings (SSSR count). The van der Waals surface area contributed by atoms with Crippen LogP contribution in [0, 0.1) is 0 Å². The van der Waals surface area contributed by atoms with Crippen LogP contribution < -0.4 is 5.14 Å². The highest BCUT2D eigenvalue weighted by molar-refractivity contribution is 7.89. The molecule has 7 heteroatoms. The molecule has 0 aromatic carbocycles. The van der Waals surface area contributed by atoms with E-state index >= 15 is 0 Å². The molecular formula is C8H6N2O4S. The minimum absolute atomic E-state index is 0.165. The topological polar surface area (TPSA) is 103 Å². The molecule has 0 bridgehead atoms. The molecule has 0 aliphatic heterocycles. The number of nitrogens with two attached hydrogens (primary N) is 1. The van der Waals surface area contributed by atoms with Gasteiger partial charge in [-0.1, -0.05) is 0 Å². The van der Waals surface area contributed by atoms with Crippen molar-refractivity contribution in [3.63, 3.8) is 0 Å². The van der Waals surface area contributed by atoms with Gasteiger partial charge in [-0.2, -0.15) is 0 Å². The van der Waals surface area contributed by atoms with Gasteiger partial charge < -0.3 is 4.42 Å². The quantitative estimate of drug-likeness (QED) is 0.741. The van der Waals surface area contributed by atoms with E-state index in [9.17, 15) is 13.2 Å². The van der Waals surface area contributed by atoms with Crippen LogP contribution in [0.25, 0.3) is 11.0 Å². The summed E-state index contributed by atoms with van der Waals surface area (Å²) in [4.78, 5) is 14.2. The molecule has 2 aromatic rings. The van der Waals surface area contributed by atoms with Crippen molar-refractivity contribution in [2.24, 2.45) is 5.14 Å². The largest absolute Gasteiger partial charge is 0.443 e. The normalized spacial score (nSPS) is 11.8. The zero-order valence-electron chi connectivity index (χ0n) is 7.38. The Kier molecular flexibility index (Phi) is 2.06. The third-order valence-electron chi connectivity index (χ3n) is 1.80. The maximum Gasteiger partial charge on any atom is 0.271 e. The third kappa shape index (κ3) is 1.74. The van der Waals surface area contributed by atoms with Crippen LogP contribution in [-0.2, 0) is 10.0 Å². The van der Waals surface area contributed by atoms with Gasteiger partial charge in [-0.15, -0.1) is 0 Å². The number of fused-ring (bicyclic) bond motifs is 1. The second-order valence-corrected chi connectivity index (χ2v) is 4.37. The number of aldehydes is 1. The molecule has 0 radical (unpaired) electrons. The lowest BCUT2D eigenvalue weighted by Crippen LogP contribution is -2.10. The molecular weight excluding hydrogens is 220 g/mol. The van der Waals surface area contributed by atoms with Crippen molar-refractivity contribution in [1.82, 2.24) is 4.98 Å². The van der Waals surface area contributed by atoms with E-state index in [2.05, 4.69) is 4.98 Å². The van der Waals surface area contributed by atoms with Gasteiger partial charge >= 0.3 is 0 Å². The van der Waals surface area contributed by atoms with Crippen molar-refractivity contribution in [1.29, 1.82) is 0 Å². The van der Waals surface area contributed by atoms with E-state index in [4.69, 9.17) is 9.56 Å². The van der Waals surface area contributed by atoms with Crippen LogP contribution in [-0.4, -0.2) is 19.7 Å². The first-order valence-corrected chi connectivity index (χ1v) is 5.43. The molecule has 0 amide bonds. The lowest BCUT2D eigenvalue weighted by molar-refractivity contribution is 0.111. The van der Waals surface area contributed by atoms with E-state index in [1.54, 1.807) is 0 Å². The van der Waals surface area contributed by atoms with Crippen molar-refractivity contribution in [3.8, 4) is 0 Å². The Balaban J connectivity index is 2.71. The molecule has 0 aliphatic rings. The first kappa shape index (κ1) is 9.81. The molecule has 0 unspecified atom stereocenters. The summed E-state index contributed by atoms with van der Waals surface area (Å²) < 4.78 is 26.9. The monoisotopic (exact) mass is 226 g/mol. The average Bonchev–Trinajstić information content (AvgIpc) is 2.59. The van der Waals surface area contributed by atoms with E-state index in [1.807, 2.05) is 0 Å². The van der Waals surface area contributed by atoms with E-state index in [0.717, 1.165) is 0 Å². The van der Waals surface area contributed by atoms with Gasteiger partial charge in [-0.3, -0.25) is 9.78 Å². The van der Waals surface area contributed by atoms with Gasteiger partial charge in [0, 0.05) is 23.7 Å². The van der Waals surface area contributed by atoms with Crippen LogP contribution in [0.3, 0.4) is 0 Å². The van der Waals surface area contributed by atoms with Crippen LogP contribution in [0.4, 0.5) is 0 Å². The Bertz CT molecular complexity index is 629. The molecule has 2 heterocycles. The minimum atomic E-state index is -3.87. The highest BCUT2D eigenvalue weighted by Crippen LogP contribution is 2.21. The predicted molar refractivity (Wildman–Crippen MR) is 50.8 cm³/mol. The molecule has 0 saturated carbocycles. The number of furan rings is 1. The van der Waals surface area contributed by atoms with Gasteiger partial charge in [0.2, 0.25) is 5.09 Å². The van der Waals surface area contributed by atoms with Crippen LogP contribution in [0.15, 0.2) is 27.8 Å². The van der Waals surface area contributed by atoms with Crippen molar-refractivity contribution < 1.29 is 17.6 Å². The second-order valence-electron chi connectivity index (χ2n) is 2.88. The standard InChI is InChI=1S/C8H6N2O4S/c9-15(12,13)8-1-5-3-10-6(4-11)2-7(5)14-8/h1-4H,(H2,9,12,13). The predicted octanol–water partition coefficient (Wildman–Crippen LogP) is 0.288. The van der Waals surface area contributed by atoms with Gasteiger partial charge in [-0.25, -0.2) is 13.6 Å². The Morgan fingerprint density at radius 1 is 1.40 bits per heavy atom. The van der Waals surface area contributed by atoms with Crippen LogP contribution in [0.5, 0.6) is 0 Å². The van der Waals surface area contributed by atoms with E-state index in [-0.39, 0.29) is 16.4 Å². The van der Waals surface area contributed by atoms with Crippen LogP contribution in [0.1, 0.15) is 10.5 Å². The maximum atomic E-state index is 11.0. The molecule has 0 aliphatic carbocycles. The number of nitrogens with zero attached hydrogens (tertiary/aromatic N) is 1. The summed E-state index contributed by atoms with van der Waals surface area (Å²) in [5.74, 6) is 0. The summed E-state index contributed by atoms with van der Waals surface area (Å²) in [6.45, 7) is 0. The van der Waals surface area contributed by atoms with Crippen molar-refractivity contribution >= 4 is 27.3 Å². The summed E-state index contributed by atoms with van der Waals surface area (Å²) >= 11 is 0. The molecule has 15 heavy (non-hydrogen) atoms. The van der Waals surface area contributed by atoms with Gasteiger partial charge in [0.15, 0.2) is 6.29 Å². The number of carbonyl (C=O) groups is 1. The maximum absolute atomic E-state index is 11.0. The van der Waals surface area contributed by atoms with Gasteiger partial charge in [0.1, 0.15) is 11.3 Å². The fourth-order valence-electron chi connectivity index (χ4n) is 1.13. The third-order valence-corrected chi connectivity index (χ3v) is 2.56. The van der Waals surface area contributed by atoms with Gasteiger partial charge in [0.05, 0.1) is 0 Å². The number of hydrogen-bond donors (Lipinski definition) is 1. The second kappa shape index (κ2) is 3.14. The number of hydrogen-bond acceptors (Lipinski definition) is 5. The number of sulfonamides is 1. The van der Waals surface area contributed by atoms with Crippen LogP contribution >= 0.6 is 0 Å². The SMILES string of the molecule is NS(=O)(=O)c1cc2cnc(C=O)cc2o1. The molecule has 2 aromatic heterocycles. The zero-order valence-corrected chi connectivity index (χ0v) is 8.19. The Morgan fingerprint density at radius 2 is 2.13 bits per heavy atom. The van der Waals surface area contributed by atoms with E-state index in [1.165, 1.54) is 18.3 Å².